The van der Waals surface area contributed by atoms with Crippen LogP contribution in [0.1, 0.15) is 27.8 Å². The highest BCUT2D eigenvalue weighted by molar-refractivity contribution is 6.30. The molecule has 0 atom stereocenters. The van der Waals surface area contributed by atoms with E-state index in [1.165, 1.54) is 10.7 Å². The molecule has 0 aliphatic carbocycles. The summed E-state index contributed by atoms with van der Waals surface area (Å²) in [5.41, 5.74) is 1.43. The minimum absolute atomic E-state index is 0.0492. The third-order valence-electron chi connectivity index (χ3n) is 3.48. The first-order valence-corrected chi connectivity index (χ1v) is 7.84. The van der Waals surface area contributed by atoms with E-state index < -0.39 is 10.8 Å². The van der Waals surface area contributed by atoms with Gasteiger partial charge in [0.2, 0.25) is 0 Å². The van der Waals surface area contributed by atoms with E-state index in [0.29, 0.717) is 10.7 Å². The molecule has 26 heavy (non-hydrogen) atoms. The van der Waals surface area contributed by atoms with Gasteiger partial charge < -0.3 is 20.0 Å². The summed E-state index contributed by atoms with van der Waals surface area (Å²) in [6.07, 6.45) is 0. The van der Waals surface area contributed by atoms with E-state index in [2.05, 4.69) is 20.6 Å². The number of hydrogen-bond acceptors (Lipinski definition) is 7. The molecule has 0 saturated carbocycles. The molecule has 3 aromatic rings. The lowest BCUT2D eigenvalue weighted by Crippen LogP contribution is -2.23. The van der Waals surface area contributed by atoms with E-state index in [-0.39, 0.29) is 30.6 Å². The molecule has 1 aromatic carbocycles. The Hall–Kier alpha value is -3.27. The molecule has 0 fully saturated rings. The van der Waals surface area contributed by atoms with Crippen molar-refractivity contribution in [1.82, 2.24) is 25.2 Å². The number of aryl methyl sites for hydroxylation is 1. The van der Waals surface area contributed by atoms with Gasteiger partial charge in [-0.25, -0.2) is 0 Å². The number of carbonyl (C=O) groups excluding carboxylic acids is 1. The summed E-state index contributed by atoms with van der Waals surface area (Å²) < 4.78 is 6.29. The van der Waals surface area contributed by atoms with Crippen LogP contribution in [-0.2, 0) is 13.1 Å². The molecule has 2 heterocycles. The standard InChI is InChI=1S/C15H13ClN6O4/c1-9-6-13(22(24)25)19-21(9)8-12-18-15(26-20-12)14(23)17-7-10-2-4-11(16)5-3-10/h2-6H,7-8H2,1H3,(H,17,23). The maximum atomic E-state index is 12.1. The van der Waals surface area contributed by atoms with Gasteiger partial charge in [0.25, 0.3) is 0 Å². The largest absolute Gasteiger partial charge is 0.390 e. The molecule has 3 rings (SSSR count). The van der Waals surface area contributed by atoms with Crippen LogP contribution in [-0.4, -0.2) is 30.8 Å². The Kier molecular flexibility index (Phi) is 4.94. The third-order valence-corrected chi connectivity index (χ3v) is 3.73. The van der Waals surface area contributed by atoms with Crippen molar-refractivity contribution in [3.63, 3.8) is 0 Å². The molecule has 0 radical (unpaired) electrons. The second-order valence-electron chi connectivity index (χ2n) is 5.38. The van der Waals surface area contributed by atoms with Gasteiger partial charge in [0.1, 0.15) is 6.54 Å². The van der Waals surface area contributed by atoms with E-state index in [4.69, 9.17) is 16.1 Å². The van der Waals surface area contributed by atoms with Crippen LogP contribution >= 0.6 is 11.6 Å². The number of rotatable bonds is 6. The Morgan fingerprint density at radius 2 is 2.12 bits per heavy atom. The Labute approximate surface area is 151 Å². The highest BCUT2D eigenvalue weighted by Crippen LogP contribution is 2.12. The fraction of sp³-hybridized carbons (Fsp3) is 0.200. The van der Waals surface area contributed by atoms with Crippen LogP contribution < -0.4 is 5.32 Å². The summed E-state index contributed by atoms with van der Waals surface area (Å²) in [5.74, 6) is -0.815. The van der Waals surface area contributed by atoms with Gasteiger partial charge in [-0.15, -0.1) is 0 Å². The first-order valence-electron chi connectivity index (χ1n) is 7.46. The molecule has 2 aromatic heterocycles. The first kappa shape index (κ1) is 17.5. The van der Waals surface area contributed by atoms with E-state index in [1.54, 1.807) is 31.2 Å². The molecule has 134 valence electrons. The summed E-state index contributed by atoms with van der Waals surface area (Å²) in [7, 11) is 0. The van der Waals surface area contributed by atoms with Crippen molar-refractivity contribution in [2.45, 2.75) is 20.0 Å². The topological polar surface area (TPSA) is 129 Å². The number of carbonyl (C=O) groups is 1. The molecule has 0 spiro atoms. The lowest BCUT2D eigenvalue weighted by atomic mass is 10.2. The van der Waals surface area contributed by atoms with Crippen molar-refractivity contribution >= 4 is 23.3 Å². The van der Waals surface area contributed by atoms with Crippen LogP contribution in [0, 0.1) is 17.0 Å². The molecular weight excluding hydrogens is 364 g/mol. The predicted molar refractivity (Wildman–Crippen MR) is 89.6 cm³/mol. The summed E-state index contributed by atoms with van der Waals surface area (Å²) >= 11 is 5.80. The second-order valence-corrected chi connectivity index (χ2v) is 5.82. The van der Waals surface area contributed by atoms with E-state index in [1.807, 2.05) is 0 Å². The van der Waals surface area contributed by atoms with Crippen LogP contribution in [0.5, 0.6) is 0 Å². The normalized spacial score (nSPS) is 10.7. The highest BCUT2D eigenvalue weighted by Gasteiger charge is 2.19. The summed E-state index contributed by atoms with van der Waals surface area (Å²) in [6, 6.07) is 8.35. The van der Waals surface area contributed by atoms with Crippen LogP contribution in [0.15, 0.2) is 34.9 Å². The number of halogens is 1. The average molecular weight is 377 g/mol. The quantitative estimate of drug-likeness (QED) is 0.515. The maximum absolute atomic E-state index is 12.1. The molecule has 1 N–H and O–H groups in total. The van der Waals surface area contributed by atoms with Gasteiger partial charge in [0, 0.05) is 11.6 Å². The lowest BCUT2D eigenvalue weighted by Gasteiger charge is -2.02. The third kappa shape index (κ3) is 4.03. The van der Waals surface area contributed by atoms with Gasteiger partial charge in [-0.05, 0) is 29.5 Å². The molecule has 0 aliphatic rings. The summed E-state index contributed by atoms with van der Waals surface area (Å²) in [6.45, 7) is 1.99. The number of amides is 1. The summed E-state index contributed by atoms with van der Waals surface area (Å²) in [4.78, 5) is 26.2. The number of nitrogens with one attached hydrogen (secondary N) is 1. The lowest BCUT2D eigenvalue weighted by molar-refractivity contribution is -0.389. The zero-order valence-corrected chi connectivity index (χ0v) is 14.3. The van der Waals surface area contributed by atoms with Crippen molar-refractivity contribution in [2.75, 3.05) is 0 Å². The zero-order valence-electron chi connectivity index (χ0n) is 13.5. The minimum Gasteiger partial charge on any atom is -0.358 e. The van der Waals surface area contributed by atoms with Crippen LogP contribution in [0.2, 0.25) is 5.02 Å². The van der Waals surface area contributed by atoms with Crippen LogP contribution in [0.4, 0.5) is 5.82 Å². The number of benzene rings is 1. The minimum atomic E-state index is -0.588. The van der Waals surface area contributed by atoms with Crippen molar-refractivity contribution in [2.24, 2.45) is 0 Å². The molecule has 0 aliphatic heterocycles. The number of aromatic nitrogens is 4. The van der Waals surface area contributed by atoms with E-state index in [0.717, 1.165) is 5.56 Å². The van der Waals surface area contributed by atoms with Crippen molar-refractivity contribution in [1.29, 1.82) is 0 Å². The SMILES string of the molecule is Cc1cc([N+](=O)[O-])nn1Cc1noc(C(=O)NCc2ccc(Cl)cc2)n1. The van der Waals surface area contributed by atoms with Crippen molar-refractivity contribution in [3.8, 4) is 0 Å². The maximum Gasteiger partial charge on any atom is 0.390 e. The highest BCUT2D eigenvalue weighted by atomic mass is 35.5. The van der Waals surface area contributed by atoms with Crippen LogP contribution in [0.25, 0.3) is 0 Å². The van der Waals surface area contributed by atoms with Crippen molar-refractivity contribution < 1.29 is 14.2 Å². The molecular formula is C15H13ClN6O4. The van der Waals surface area contributed by atoms with E-state index >= 15 is 0 Å². The molecule has 11 heteroatoms. The smallest absolute Gasteiger partial charge is 0.358 e. The van der Waals surface area contributed by atoms with Gasteiger partial charge >= 0.3 is 17.6 Å². The predicted octanol–water partition coefficient (Wildman–Crippen LogP) is 2.11. The van der Waals surface area contributed by atoms with Gasteiger partial charge in [0.15, 0.2) is 5.82 Å². The Morgan fingerprint density at radius 3 is 2.77 bits per heavy atom. The fourth-order valence-corrected chi connectivity index (χ4v) is 2.27. The van der Waals surface area contributed by atoms with Gasteiger partial charge in [-0.2, -0.15) is 9.67 Å². The molecule has 0 bridgehead atoms. The van der Waals surface area contributed by atoms with Crippen LogP contribution in [0.3, 0.4) is 0 Å². The second kappa shape index (κ2) is 7.31. The van der Waals surface area contributed by atoms with Crippen molar-refractivity contribution in [3.05, 3.63) is 68.4 Å². The van der Waals surface area contributed by atoms with Gasteiger partial charge in [0.05, 0.1) is 16.9 Å². The van der Waals surface area contributed by atoms with Gasteiger partial charge in [-0.3, -0.25) is 4.79 Å². The Bertz CT molecular complexity index is 949. The monoisotopic (exact) mass is 376 g/mol. The number of hydrogen-bond donors (Lipinski definition) is 1. The Morgan fingerprint density at radius 1 is 1.38 bits per heavy atom. The zero-order chi connectivity index (χ0) is 18.7. The van der Waals surface area contributed by atoms with E-state index in [9.17, 15) is 14.9 Å². The van der Waals surface area contributed by atoms with Gasteiger partial charge in [-0.1, -0.05) is 28.9 Å². The molecule has 0 unspecified atom stereocenters. The number of nitrogens with zero attached hydrogens (tertiary/aromatic N) is 5. The molecule has 10 nitrogen and oxygen atoms in total. The fourth-order valence-electron chi connectivity index (χ4n) is 2.15. The summed E-state index contributed by atoms with van der Waals surface area (Å²) in [5, 5.41) is 21.5. The number of nitro groups is 1. The first-order chi connectivity index (χ1) is 12.4. The molecule has 0 saturated heterocycles. The molecule has 1 amide bonds. The average Bonchev–Trinajstić information content (AvgIpc) is 3.22. The Balaban J connectivity index is 1.62.